The average Bonchev–Trinajstić information content (AvgIpc) is 2.19. The maximum absolute atomic E-state index is 11.9. The Kier molecular flexibility index (Phi) is 2.50. The van der Waals surface area contributed by atoms with Crippen LogP contribution in [0.3, 0.4) is 0 Å². The van der Waals surface area contributed by atoms with Crippen LogP contribution < -0.4 is 11.3 Å². The van der Waals surface area contributed by atoms with Crippen LogP contribution in [0.25, 0.3) is 0 Å². The smallest absolute Gasteiger partial charge is 0.293 e. The molecule has 0 fully saturated rings. The van der Waals surface area contributed by atoms with E-state index in [1.54, 1.807) is 4.57 Å². The second-order valence-corrected chi connectivity index (χ2v) is 4.37. The van der Waals surface area contributed by atoms with Crippen LogP contribution in [0.4, 0.5) is 5.82 Å². The van der Waals surface area contributed by atoms with Crippen LogP contribution in [0, 0.1) is 0 Å². The number of nitrogens with zero attached hydrogens (tertiary/aromatic N) is 2. The van der Waals surface area contributed by atoms with Gasteiger partial charge in [0.15, 0.2) is 5.82 Å². The van der Waals surface area contributed by atoms with Gasteiger partial charge in [0.2, 0.25) is 0 Å². The van der Waals surface area contributed by atoms with Crippen LogP contribution in [0.5, 0.6) is 0 Å². The molecule has 4 nitrogen and oxygen atoms in total. The first kappa shape index (κ1) is 10.2. The molecule has 4 heteroatoms. The third kappa shape index (κ3) is 1.64. The van der Waals surface area contributed by atoms with E-state index < -0.39 is 0 Å². The second kappa shape index (κ2) is 3.68. The number of fused-ring (bicyclic) bond motifs is 1. The van der Waals surface area contributed by atoms with Crippen LogP contribution in [0.2, 0.25) is 0 Å². The molecule has 15 heavy (non-hydrogen) atoms. The lowest BCUT2D eigenvalue weighted by atomic mass is 9.99. The van der Waals surface area contributed by atoms with E-state index in [0.29, 0.717) is 0 Å². The minimum Gasteiger partial charge on any atom is -0.379 e. The van der Waals surface area contributed by atoms with Gasteiger partial charge >= 0.3 is 0 Å². The van der Waals surface area contributed by atoms with Crippen LogP contribution in [-0.4, -0.2) is 9.55 Å². The van der Waals surface area contributed by atoms with Crippen molar-refractivity contribution in [3.8, 4) is 0 Å². The Balaban J connectivity index is 2.69. The Labute approximate surface area is 89.1 Å². The molecule has 2 N–H and O–H groups in total. The third-order valence-electron chi connectivity index (χ3n) is 2.91. The highest BCUT2D eigenvalue weighted by molar-refractivity contribution is 5.30. The van der Waals surface area contributed by atoms with Gasteiger partial charge in [-0.1, -0.05) is 0 Å². The SMILES string of the molecule is CC(C)n1c2c(nc(N)c1=O)CCCC2. The first-order chi connectivity index (χ1) is 7.11. The molecule has 1 aromatic rings. The first-order valence-corrected chi connectivity index (χ1v) is 5.51. The van der Waals surface area contributed by atoms with E-state index >= 15 is 0 Å². The Morgan fingerprint density at radius 3 is 2.67 bits per heavy atom. The van der Waals surface area contributed by atoms with Gasteiger partial charge < -0.3 is 10.3 Å². The molecule has 1 aromatic heterocycles. The molecule has 0 saturated heterocycles. The monoisotopic (exact) mass is 207 g/mol. The van der Waals surface area contributed by atoms with Crippen LogP contribution >= 0.6 is 0 Å². The van der Waals surface area contributed by atoms with E-state index in [1.165, 1.54) is 0 Å². The van der Waals surface area contributed by atoms with Crippen LogP contribution in [-0.2, 0) is 12.8 Å². The third-order valence-corrected chi connectivity index (χ3v) is 2.91. The Morgan fingerprint density at radius 2 is 2.00 bits per heavy atom. The van der Waals surface area contributed by atoms with Crippen molar-refractivity contribution < 1.29 is 0 Å². The van der Waals surface area contributed by atoms with E-state index in [-0.39, 0.29) is 17.4 Å². The second-order valence-electron chi connectivity index (χ2n) is 4.37. The van der Waals surface area contributed by atoms with E-state index in [2.05, 4.69) is 4.98 Å². The number of hydrogen-bond acceptors (Lipinski definition) is 3. The van der Waals surface area contributed by atoms with Crippen LogP contribution in [0.15, 0.2) is 4.79 Å². The van der Waals surface area contributed by atoms with Crippen molar-refractivity contribution in [3.63, 3.8) is 0 Å². The molecule has 1 heterocycles. The fourth-order valence-electron chi connectivity index (χ4n) is 2.24. The highest BCUT2D eigenvalue weighted by Crippen LogP contribution is 2.21. The highest BCUT2D eigenvalue weighted by atomic mass is 16.1. The molecule has 0 saturated carbocycles. The predicted molar refractivity (Wildman–Crippen MR) is 59.9 cm³/mol. The zero-order valence-corrected chi connectivity index (χ0v) is 9.29. The van der Waals surface area contributed by atoms with Gasteiger partial charge in [-0.3, -0.25) is 4.79 Å². The Bertz CT molecular complexity index is 434. The molecule has 82 valence electrons. The molecular formula is C11H17N3O. The molecule has 0 aliphatic heterocycles. The van der Waals surface area contributed by atoms with Gasteiger partial charge in [-0.15, -0.1) is 0 Å². The summed E-state index contributed by atoms with van der Waals surface area (Å²) in [5.74, 6) is 0.143. The van der Waals surface area contributed by atoms with Gasteiger partial charge in [0.05, 0.1) is 5.69 Å². The predicted octanol–water partition coefficient (Wildman–Crippen LogP) is 1.29. The first-order valence-electron chi connectivity index (χ1n) is 5.51. The number of aryl methyl sites for hydroxylation is 1. The van der Waals surface area contributed by atoms with Crippen molar-refractivity contribution in [2.45, 2.75) is 45.6 Å². The normalized spacial score (nSPS) is 15.4. The molecule has 0 amide bonds. The fraction of sp³-hybridized carbons (Fsp3) is 0.636. The van der Waals surface area contributed by atoms with Gasteiger partial charge in [-0.25, -0.2) is 4.98 Å². The molecule has 1 aliphatic rings. The largest absolute Gasteiger partial charge is 0.379 e. The average molecular weight is 207 g/mol. The summed E-state index contributed by atoms with van der Waals surface area (Å²) >= 11 is 0. The van der Waals surface area contributed by atoms with Gasteiger partial charge in [0.1, 0.15) is 0 Å². The molecule has 0 unspecified atom stereocenters. The Morgan fingerprint density at radius 1 is 1.33 bits per heavy atom. The number of nitrogen functional groups attached to an aromatic ring is 1. The topological polar surface area (TPSA) is 60.9 Å². The summed E-state index contributed by atoms with van der Waals surface area (Å²) in [6, 6.07) is 0.162. The number of aromatic nitrogens is 2. The highest BCUT2D eigenvalue weighted by Gasteiger charge is 2.19. The molecule has 0 bridgehead atoms. The number of hydrogen-bond donors (Lipinski definition) is 1. The summed E-state index contributed by atoms with van der Waals surface area (Å²) in [5.41, 5.74) is 7.62. The summed E-state index contributed by atoms with van der Waals surface area (Å²) in [7, 11) is 0. The quantitative estimate of drug-likeness (QED) is 0.754. The molecule has 0 atom stereocenters. The van der Waals surface area contributed by atoms with Gasteiger partial charge in [-0.2, -0.15) is 0 Å². The fourth-order valence-corrected chi connectivity index (χ4v) is 2.24. The minimum atomic E-state index is -0.134. The molecule has 0 spiro atoms. The summed E-state index contributed by atoms with van der Waals surface area (Å²) < 4.78 is 1.80. The van der Waals surface area contributed by atoms with Crippen molar-refractivity contribution in [1.29, 1.82) is 0 Å². The number of rotatable bonds is 1. The molecule has 0 radical (unpaired) electrons. The summed E-state index contributed by atoms with van der Waals surface area (Å²) in [6.45, 7) is 4.02. The van der Waals surface area contributed by atoms with Crippen molar-refractivity contribution in [2.24, 2.45) is 0 Å². The number of anilines is 1. The minimum absolute atomic E-state index is 0.134. The van der Waals surface area contributed by atoms with Crippen molar-refractivity contribution in [2.75, 3.05) is 5.73 Å². The Hall–Kier alpha value is -1.32. The van der Waals surface area contributed by atoms with Crippen molar-refractivity contribution in [3.05, 3.63) is 21.7 Å². The van der Waals surface area contributed by atoms with Crippen molar-refractivity contribution in [1.82, 2.24) is 9.55 Å². The summed E-state index contributed by atoms with van der Waals surface area (Å²) in [4.78, 5) is 16.1. The molecule has 2 rings (SSSR count). The maximum Gasteiger partial charge on any atom is 0.293 e. The summed E-state index contributed by atoms with van der Waals surface area (Å²) in [6.07, 6.45) is 4.20. The number of nitrogens with two attached hydrogens (primary N) is 1. The van der Waals surface area contributed by atoms with Crippen LogP contribution in [0.1, 0.15) is 44.1 Å². The zero-order valence-electron chi connectivity index (χ0n) is 9.29. The lowest BCUT2D eigenvalue weighted by molar-refractivity contribution is 0.511. The summed E-state index contributed by atoms with van der Waals surface area (Å²) in [5, 5.41) is 0. The molecule has 1 aliphatic carbocycles. The molecule has 0 aromatic carbocycles. The standard InChI is InChI=1S/C11H17N3O/c1-7(2)14-9-6-4-3-5-8(9)13-10(12)11(14)15/h7H,3-6H2,1-2H3,(H2,12,13). The lowest BCUT2D eigenvalue weighted by Gasteiger charge is -2.22. The lowest BCUT2D eigenvalue weighted by Crippen LogP contribution is -2.31. The van der Waals surface area contributed by atoms with Gasteiger partial charge in [0, 0.05) is 11.7 Å². The van der Waals surface area contributed by atoms with E-state index in [0.717, 1.165) is 37.1 Å². The zero-order chi connectivity index (χ0) is 11.0. The maximum atomic E-state index is 11.9. The van der Waals surface area contributed by atoms with E-state index in [1.807, 2.05) is 13.8 Å². The van der Waals surface area contributed by atoms with E-state index in [9.17, 15) is 4.79 Å². The van der Waals surface area contributed by atoms with Gasteiger partial charge in [-0.05, 0) is 39.5 Å². The van der Waals surface area contributed by atoms with Crippen molar-refractivity contribution >= 4 is 5.82 Å². The van der Waals surface area contributed by atoms with Gasteiger partial charge in [0.25, 0.3) is 5.56 Å². The molecular weight excluding hydrogens is 190 g/mol. The van der Waals surface area contributed by atoms with E-state index in [4.69, 9.17) is 5.73 Å².